The van der Waals surface area contributed by atoms with E-state index in [1.807, 2.05) is 6.07 Å². The second-order valence-electron chi connectivity index (χ2n) is 5.61. The Balaban J connectivity index is 2.11. The fourth-order valence-electron chi connectivity index (χ4n) is 2.45. The molecule has 1 aromatic carbocycles. The van der Waals surface area contributed by atoms with Crippen LogP contribution in [0.15, 0.2) is 18.2 Å². The minimum Gasteiger partial charge on any atom is -0.398 e. The molecule has 1 saturated heterocycles. The molecule has 2 rings (SSSR count). The molecule has 1 aliphatic heterocycles. The van der Waals surface area contributed by atoms with Crippen LogP contribution in [0.1, 0.15) is 37.0 Å². The van der Waals surface area contributed by atoms with Gasteiger partial charge in [0.2, 0.25) is 0 Å². The molecule has 1 atom stereocenters. The minimum atomic E-state index is -0.506. The summed E-state index contributed by atoms with van der Waals surface area (Å²) in [4.78, 5) is 11.3. The first-order chi connectivity index (χ1) is 8.87. The molecular formula is C14H21N3O2. The minimum absolute atomic E-state index is 0.115. The lowest BCUT2D eigenvalue weighted by Crippen LogP contribution is -2.40. The van der Waals surface area contributed by atoms with Crippen LogP contribution in [0.25, 0.3) is 0 Å². The number of primary amides is 1. The van der Waals surface area contributed by atoms with Gasteiger partial charge in [-0.1, -0.05) is 0 Å². The molecule has 0 aromatic heterocycles. The van der Waals surface area contributed by atoms with Crippen molar-refractivity contribution in [1.29, 1.82) is 0 Å². The highest BCUT2D eigenvalue weighted by Crippen LogP contribution is 2.27. The van der Waals surface area contributed by atoms with Crippen molar-refractivity contribution in [3.05, 3.63) is 23.8 Å². The smallest absolute Gasteiger partial charge is 0.250 e. The van der Waals surface area contributed by atoms with E-state index in [2.05, 4.69) is 19.2 Å². The quantitative estimate of drug-likeness (QED) is 0.724. The van der Waals surface area contributed by atoms with E-state index in [0.717, 1.165) is 25.1 Å². The Kier molecular flexibility index (Phi) is 3.66. The SMILES string of the molecule is CC1(C)CC(Nc2ccc(N)c(C(N)=O)c2)CCO1. The highest BCUT2D eigenvalue weighted by molar-refractivity contribution is 5.98. The van der Waals surface area contributed by atoms with Gasteiger partial charge in [-0.3, -0.25) is 4.79 Å². The molecule has 0 spiro atoms. The van der Waals surface area contributed by atoms with Gasteiger partial charge in [0.15, 0.2) is 0 Å². The molecule has 19 heavy (non-hydrogen) atoms. The highest BCUT2D eigenvalue weighted by atomic mass is 16.5. The van der Waals surface area contributed by atoms with Crippen LogP contribution in [0.4, 0.5) is 11.4 Å². The molecule has 1 amide bonds. The lowest BCUT2D eigenvalue weighted by molar-refractivity contribution is -0.0553. The summed E-state index contributed by atoms with van der Waals surface area (Å²) in [5, 5.41) is 3.42. The lowest BCUT2D eigenvalue weighted by Gasteiger charge is -2.36. The molecule has 5 heteroatoms. The average Bonchev–Trinajstić information content (AvgIpc) is 2.30. The van der Waals surface area contributed by atoms with Gasteiger partial charge in [0.1, 0.15) is 0 Å². The summed E-state index contributed by atoms with van der Waals surface area (Å²) in [6.45, 7) is 4.90. The molecule has 1 unspecified atom stereocenters. The van der Waals surface area contributed by atoms with Gasteiger partial charge < -0.3 is 21.5 Å². The van der Waals surface area contributed by atoms with E-state index in [1.165, 1.54) is 0 Å². The van der Waals surface area contributed by atoms with Crippen molar-refractivity contribution in [2.45, 2.75) is 38.3 Å². The molecule has 1 aromatic rings. The van der Waals surface area contributed by atoms with Gasteiger partial charge in [0.25, 0.3) is 5.91 Å². The van der Waals surface area contributed by atoms with Gasteiger partial charge in [-0.05, 0) is 44.9 Å². The number of carbonyl (C=O) groups is 1. The molecule has 1 heterocycles. The molecule has 0 saturated carbocycles. The second-order valence-corrected chi connectivity index (χ2v) is 5.61. The van der Waals surface area contributed by atoms with E-state index in [0.29, 0.717) is 17.3 Å². The number of carbonyl (C=O) groups excluding carboxylic acids is 1. The van der Waals surface area contributed by atoms with E-state index < -0.39 is 5.91 Å². The predicted octanol–water partition coefficient (Wildman–Crippen LogP) is 1.74. The van der Waals surface area contributed by atoms with Gasteiger partial charge in [-0.2, -0.15) is 0 Å². The lowest BCUT2D eigenvalue weighted by atomic mass is 9.93. The van der Waals surface area contributed by atoms with Crippen molar-refractivity contribution >= 4 is 17.3 Å². The van der Waals surface area contributed by atoms with Gasteiger partial charge in [-0.25, -0.2) is 0 Å². The fraction of sp³-hybridized carbons (Fsp3) is 0.500. The number of rotatable bonds is 3. The number of nitrogens with one attached hydrogen (secondary N) is 1. The molecule has 5 nitrogen and oxygen atoms in total. The van der Waals surface area contributed by atoms with Crippen LogP contribution in [-0.4, -0.2) is 24.2 Å². The van der Waals surface area contributed by atoms with Crippen LogP contribution in [0, 0.1) is 0 Å². The van der Waals surface area contributed by atoms with Crippen molar-refractivity contribution in [3.8, 4) is 0 Å². The molecule has 5 N–H and O–H groups in total. The van der Waals surface area contributed by atoms with Crippen molar-refractivity contribution < 1.29 is 9.53 Å². The summed E-state index contributed by atoms with van der Waals surface area (Å²) in [7, 11) is 0. The monoisotopic (exact) mass is 263 g/mol. The maximum Gasteiger partial charge on any atom is 0.250 e. The molecule has 0 aliphatic carbocycles. The summed E-state index contributed by atoms with van der Waals surface area (Å²) in [6, 6.07) is 5.60. The summed E-state index contributed by atoms with van der Waals surface area (Å²) in [6.07, 6.45) is 1.86. The Bertz CT molecular complexity index is 486. The van der Waals surface area contributed by atoms with E-state index in [1.54, 1.807) is 12.1 Å². The third-order valence-corrected chi connectivity index (χ3v) is 3.39. The fourth-order valence-corrected chi connectivity index (χ4v) is 2.45. The van der Waals surface area contributed by atoms with Gasteiger partial charge in [0, 0.05) is 24.0 Å². The van der Waals surface area contributed by atoms with Crippen LogP contribution < -0.4 is 16.8 Å². The molecule has 0 bridgehead atoms. The van der Waals surface area contributed by atoms with Gasteiger partial charge in [-0.15, -0.1) is 0 Å². The average molecular weight is 263 g/mol. The zero-order valence-corrected chi connectivity index (χ0v) is 11.4. The Hall–Kier alpha value is -1.75. The van der Waals surface area contributed by atoms with Crippen LogP contribution in [0.3, 0.4) is 0 Å². The number of anilines is 2. The first kappa shape index (κ1) is 13.7. The third-order valence-electron chi connectivity index (χ3n) is 3.39. The molecule has 1 fully saturated rings. The first-order valence-electron chi connectivity index (χ1n) is 6.47. The Morgan fingerprint density at radius 2 is 2.21 bits per heavy atom. The number of hydrogen-bond acceptors (Lipinski definition) is 4. The molecular weight excluding hydrogens is 242 g/mol. The summed E-state index contributed by atoms with van der Waals surface area (Å²) >= 11 is 0. The van der Waals surface area contributed by atoms with Crippen LogP contribution >= 0.6 is 0 Å². The largest absolute Gasteiger partial charge is 0.398 e. The van der Waals surface area contributed by atoms with E-state index >= 15 is 0 Å². The Morgan fingerprint density at radius 1 is 1.47 bits per heavy atom. The highest BCUT2D eigenvalue weighted by Gasteiger charge is 2.28. The van der Waals surface area contributed by atoms with Gasteiger partial charge in [0.05, 0.1) is 11.2 Å². The van der Waals surface area contributed by atoms with Crippen molar-refractivity contribution in [2.24, 2.45) is 5.73 Å². The Labute approximate surface area is 113 Å². The maximum absolute atomic E-state index is 11.3. The van der Waals surface area contributed by atoms with E-state index in [-0.39, 0.29) is 5.60 Å². The van der Waals surface area contributed by atoms with Crippen molar-refractivity contribution in [2.75, 3.05) is 17.7 Å². The topological polar surface area (TPSA) is 90.4 Å². The molecule has 1 aliphatic rings. The summed E-state index contributed by atoms with van der Waals surface area (Å²) in [5.41, 5.74) is 12.5. The summed E-state index contributed by atoms with van der Waals surface area (Å²) in [5.74, 6) is -0.506. The second kappa shape index (κ2) is 5.09. The standard InChI is InChI=1S/C14H21N3O2/c1-14(2)8-10(5-6-19-14)17-9-3-4-12(15)11(7-9)13(16)18/h3-4,7,10,17H,5-6,8,15H2,1-2H3,(H2,16,18). The summed E-state index contributed by atoms with van der Waals surface area (Å²) < 4.78 is 5.68. The van der Waals surface area contributed by atoms with E-state index in [4.69, 9.17) is 16.2 Å². The number of ether oxygens (including phenoxy) is 1. The number of nitrogen functional groups attached to an aromatic ring is 1. The Morgan fingerprint density at radius 3 is 2.84 bits per heavy atom. The normalized spacial score (nSPS) is 21.9. The maximum atomic E-state index is 11.3. The molecule has 0 radical (unpaired) electrons. The number of benzene rings is 1. The zero-order valence-electron chi connectivity index (χ0n) is 11.4. The van der Waals surface area contributed by atoms with Crippen LogP contribution in [0.5, 0.6) is 0 Å². The zero-order chi connectivity index (χ0) is 14.0. The third kappa shape index (κ3) is 3.38. The number of nitrogens with two attached hydrogens (primary N) is 2. The van der Waals surface area contributed by atoms with Gasteiger partial charge >= 0.3 is 0 Å². The van der Waals surface area contributed by atoms with Crippen LogP contribution in [0.2, 0.25) is 0 Å². The number of amides is 1. The predicted molar refractivity (Wildman–Crippen MR) is 76.0 cm³/mol. The van der Waals surface area contributed by atoms with Crippen molar-refractivity contribution in [1.82, 2.24) is 0 Å². The number of hydrogen-bond donors (Lipinski definition) is 3. The van der Waals surface area contributed by atoms with E-state index in [9.17, 15) is 4.79 Å². The van der Waals surface area contributed by atoms with Crippen molar-refractivity contribution in [3.63, 3.8) is 0 Å². The van der Waals surface area contributed by atoms with Crippen LogP contribution in [-0.2, 0) is 4.74 Å². The molecule has 104 valence electrons. The first-order valence-corrected chi connectivity index (χ1v) is 6.47.